The molecule has 3 saturated carbocycles. The summed E-state index contributed by atoms with van der Waals surface area (Å²) in [6, 6.07) is 0. The maximum atomic E-state index is 12.2. The lowest BCUT2D eigenvalue weighted by molar-refractivity contribution is -0.140. The zero-order valence-electron chi connectivity index (χ0n) is 15.3. The van der Waals surface area contributed by atoms with Crippen LogP contribution in [-0.2, 0) is 4.79 Å². The van der Waals surface area contributed by atoms with Gasteiger partial charge in [-0.05, 0) is 80.5 Å². The first-order valence-electron chi connectivity index (χ1n) is 9.83. The fraction of sp³-hybridized carbons (Fsp3) is 0.857. The van der Waals surface area contributed by atoms with Gasteiger partial charge < -0.3 is 10.2 Å². The van der Waals surface area contributed by atoms with E-state index in [0.717, 1.165) is 44.9 Å². The van der Waals surface area contributed by atoms with Crippen molar-refractivity contribution in [2.24, 2.45) is 34.5 Å². The lowest BCUT2D eigenvalue weighted by Gasteiger charge is -2.59. The minimum Gasteiger partial charge on any atom is -0.393 e. The highest BCUT2D eigenvalue weighted by Crippen LogP contribution is 2.66. The lowest BCUT2D eigenvalue weighted by Crippen LogP contribution is -2.56. The normalized spacial score (nSPS) is 53.6. The first-order valence-corrected chi connectivity index (χ1v) is 9.83. The number of aliphatic hydroxyl groups is 2. The van der Waals surface area contributed by atoms with Crippen LogP contribution in [0.1, 0.15) is 65.7 Å². The lowest BCUT2D eigenvalue weighted by atomic mass is 9.46. The number of rotatable bonds is 1. The zero-order chi connectivity index (χ0) is 17.3. The van der Waals surface area contributed by atoms with Crippen LogP contribution in [0.15, 0.2) is 11.6 Å². The summed E-state index contributed by atoms with van der Waals surface area (Å²) in [5.74, 6) is 1.79. The standard InChI is InChI=1S/C21H32O3/c1-12(22)16-6-7-17-15-5-4-13-10-14(23)8-9-20(13,2)19(15)18(24)11-21(16,17)3/h4,14-19,23-24H,5-11H2,1-3H3/t14?,15?,16?,17?,18-,19?,20?,21?/m0/s1. The molecule has 0 amide bonds. The Labute approximate surface area is 145 Å². The maximum absolute atomic E-state index is 12.2. The molecule has 4 rings (SSSR count). The van der Waals surface area contributed by atoms with E-state index in [1.165, 1.54) is 5.57 Å². The van der Waals surface area contributed by atoms with Gasteiger partial charge in [-0.3, -0.25) is 4.79 Å². The van der Waals surface area contributed by atoms with Gasteiger partial charge in [0.1, 0.15) is 5.78 Å². The van der Waals surface area contributed by atoms with Gasteiger partial charge >= 0.3 is 0 Å². The number of carbonyl (C=O) groups is 1. The summed E-state index contributed by atoms with van der Waals surface area (Å²) >= 11 is 0. The van der Waals surface area contributed by atoms with Gasteiger partial charge in [0.2, 0.25) is 0 Å². The molecule has 0 spiro atoms. The predicted molar refractivity (Wildman–Crippen MR) is 93.3 cm³/mol. The molecule has 0 aromatic carbocycles. The molecule has 3 fully saturated rings. The molecule has 0 aliphatic heterocycles. The molecular formula is C21H32O3. The van der Waals surface area contributed by atoms with Gasteiger partial charge in [-0.1, -0.05) is 25.5 Å². The highest BCUT2D eigenvalue weighted by Gasteiger charge is 2.62. The van der Waals surface area contributed by atoms with E-state index in [0.29, 0.717) is 23.5 Å². The third kappa shape index (κ3) is 2.13. The van der Waals surface area contributed by atoms with Crippen LogP contribution < -0.4 is 0 Å². The first-order chi connectivity index (χ1) is 11.3. The van der Waals surface area contributed by atoms with Gasteiger partial charge in [-0.25, -0.2) is 0 Å². The van der Waals surface area contributed by atoms with Gasteiger partial charge in [0.15, 0.2) is 0 Å². The van der Waals surface area contributed by atoms with Crippen LogP contribution in [0.3, 0.4) is 0 Å². The van der Waals surface area contributed by atoms with E-state index in [1.807, 2.05) is 0 Å². The molecule has 4 aliphatic rings. The maximum Gasteiger partial charge on any atom is 0.133 e. The zero-order valence-corrected chi connectivity index (χ0v) is 15.3. The number of hydrogen-bond acceptors (Lipinski definition) is 3. The van der Waals surface area contributed by atoms with Crippen LogP contribution in [-0.4, -0.2) is 28.2 Å². The smallest absolute Gasteiger partial charge is 0.133 e. The van der Waals surface area contributed by atoms with Crippen LogP contribution in [0.2, 0.25) is 0 Å². The Bertz CT molecular complexity index is 582. The molecule has 0 radical (unpaired) electrons. The predicted octanol–water partition coefficient (Wildman–Crippen LogP) is 3.49. The molecule has 0 bridgehead atoms. The molecule has 134 valence electrons. The van der Waals surface area contributed by atoms with Crippen molar-refractivity contribution in [2.45, 2.75) is 77.9 Å². The summed E-state index contributed by atoms with van der Waals surface area (Å²) in [6.07, 6.45) is 8.39. The molecule has 3 nitrogen and oxygen atoms in total. The third-order valence-corrected chi connectivity index (χ3v) is 8.50. The molecule has 0 saturated heterocycles. The molecule has 0 aromatic heterocycles. The second-order valence-corrected chi connectivity index (χ2v) is 9.59. The fourth-order valence-corrected chi connectivity index (χ4v) is 7.44. The van der Waals surface area contributed by atoms with Crippen LogP contribution in [0.5, 0.6) is 0 Å². The second kappa shape index (κ2) is 5.41. The Morgan fingerprint density at radius 3 is 2.67 bits per heavy atom. The summed E-state index contributed by atoms with van der Waals surface area (Å²) in [5, 5.41) is 21.3. The Kier molecular flexibility index (Phi) is 3.78. The van der Waals surface area contributed by atoms with E-state index in [-0.39, 0.29) is 29.0 Å². The molecule has 0 heterocycles. The van der Waals surface area contributed by atoms with Crippen molar-refractivity contribution in [1.29, 1.82) is 0 Å². The average Bonchev–Trinajstić information content (AvgIpc) is 2.84. The van der Waals surface area contributed by atoms with E-state index in [9.17, 15) is 15.0 Å². The van der Waals surface area contributed by atoms with Crippen LogP contribution in [0, 0.1) is 34.5 Å². The van der Waals surface area contributed by atoms with E-state index >= 15 is 0 Å². The highest BCUT2D eigenvalue weighted by atomic mass is 16.3. The van der Waals surface area contributed by atoms with E-state index < -0.39 is 0 Å². The largest absolute Gasteiger partial charge is 0.393 e. The van der Waals surface area contributed by atoms with Crippen molar-refractivity contribution < 1.29 is 15.0 Å². The van der Waals surface area contributed by atoms with Crippen molar-refractivity contribution in [2.75, 3.05) is 0 Å². The van der Waals surface area contributed by atoms with Crippen LogP contribution >= 0.6 is 0 Å². The number of Topliss-reactive ketones (excluding diaryl/α,β-unsaturated/α-hetero) is 1. The van der Waals surface area contributed by atoms with Crippen LogP contribution in [0.25, 0.3) is 0 Å². The van der Waals surface area contributed by atoms with E-state index in [1.54, 1.807) is 6.92 Å². The molecule has 3 heteroatoms. The Hall–Kier alpha value is -0.670. The monoisotopic (exact) mass is 332 g/mol. The van der Waals surface area contributed by atoms with Gasteiger partial charge in [0.05, 0.1) is 12.2 Å². The summed E-state index contributed by atoms with van der Waals surface area (Å²) in [5.41, 5.74) is 1.39. The first kappa shape index (κ1) is 16.8. The Morgan fingerprint density at radius 1 is 1.21 bits per heavy atom. The quantitative estimate of drug-likeness (QED) is 0.723. The van der Waals surface area contributed by atoms with Crippen molar-refractivity contribution in [3.05, 3.63) is 11.6 Å². The molecule has 24 heavy (non-hydrogen) atoms. The minimum absolute atomic E-state index is 0.0255. The van der Waals surface area contributed by atoms with Gasteiger partial charge in [-0.15, -0.1) is 0 Å². The Morgan fingerprint density at radius 2 is 1.96 bits per heavy atom. The van der Waals surface area contributed by atoms with Crippen molar-refractivity contribution in [3.8, 4) is 0 Å². The minimum atomic E-state index is -0.319. The van der Waals surface area contributed by atoms with Gasteiger partial charge in [0.25, 0.3) is 0 Å². The van der Waals surface area contributed by atoms with Crippen LogP contribution in [0.4, 0.5) is 0 Å². The molecule has 2 N–H and O–H groups in total. The second-order valence-electron chi connectivity index (χ2n) is 9.59. The van der Waals surface area contributed by atoms with Gasteiger partial charge in [0, 0.05) is 5.92 Å². The van der Waals surface area contributed by atoms with Crippen molar-refractivity contribution in [1.82, 2.24) is 0 Å². The summed E-state index contributed by atoms with van der Waals surface area (Å²) in [6.45, 7) is 6.33. The molecule has 4 aliphatic carbocycles. The number of allylic oxidation sites excluding steroid dienone is 1. The van der Waals surface area contributed by atoms with E-state index in [4.69, 9.17) is 0 Å². The number of aliphatic hydroxyl groups excluding tert-OH is 2. The summed E-state index contributed by atoms with van der Waals surface area (Å²) < 4.78 is 0. The molecule has 0 aromatic rings. The fourth-order valence-electron chi connectivity index (χ4n) is 7.44. The molecule has 7 unspecified atom stereocenters. The topological polar surface area (TPSA) is 57.5 Å². The number of carbonyl (C=O) groups excluding carboxylic acids is 1. The molecular weight excluding hydrogens is 300 g/mol. The number of hydrogen-bond donors (Lipinski definition) is 2. The SMILES string of the molecule is CC(=O)C1CCC2C3CC=C4CC(O)CCC4(C)C3[C@@H](O)CC12C. The molecule has 8 atom stereocenters. The van der Waals surface area contributed by atoms with Crippen molar-refractivity contribution in [3.63, 3.8) is 0 Å². The number of fused-ring (bicyclic) bond motifs is 5. The summed E-state index contributed by atoms with van der Waals surface area (Å²) in [7, 11) is 0. The van der Waals surface area contributed by atoms with E-state index in [2.05, 4.69) is 19.9 Å². The van der Waals surface area contributed by atoms with Gasteiger partial charge in [-0.2, -0.15) is 0 Å². The highest BCUT2D eigenvalue weighted by molar-refractivity contribution is 5.79. The van der Waals surface area contributed by atoms with Crippen molar-refractivity contribution >= 4 is 5.78 Å². The summed E-state index contributed by atoms with van der Waals surface area (Å²) in [4.78, 5) is 12.2. The average molecular weight is 332 g/mol. The third-order valence-electron chi connectivity index (χ3n) is 8.50. The number of ketones is 1. The Balaban J connectivity index is 1.71.